The third-order valence-corrected chi connectivity index (χ3v) is 8.55. The molecule has 1 unspecified atom stereocenters. The summed E-state index contributed by atoms with van der Waals surface area (Å²) in [4.78, 5) is 34.8. The third-order valence-electron chi connectivity index (χ3n) is 7.59. The molecular weight excluding hydrogens is 683 g/mol. The molecule has 0 rings (SSSR count). The van der Waals surface area contributed by atoms with Crippen LogP contribution in [0.15, 0.2) is 72.9 Å². The van der Waals surface area contributed by atoms with E-state index in [0.717, 1.165) is 70.6 Å². The Morgan fingerprint density at radius 1 is 0.596 bits per heavy atom. The van der Waals surface area contributed by atoms with E-state index in [1.54, 1.807) is 0 Å². The highest BCUT2D eigenvalue weighted by Crippen LogP contribution is 2.43. The Bertz CT molecular complexity index is 1100. The fourth-order valence-electron chi connectivity index (χ4n) is 4.61. The van der Waals surface area contributed by atoms with E-state index in [1.165, 1.54) is 19.3 Å². The Kier molecular flexibility index (Phi) is 34.9. The van der Waals surface area contributed by atoms with E-state index in [2.05, 4.69) is 79.1 Å². The maximum atomic E-state index is 12.5. The lowest BCUT2D eigenvalue weighted by Gasteiger charge is -2.20. The molecule has 0 spiro atoms. The van der Waals surface area contributed by atoms with Crippen molar-refractivity contribution in [2.75, 3.05) is 26.4 Å². The Morgan fingerprint density at radius 3 is 1.67 bits per heavy atom. The van der Waals surface area contributed by atoms with Gasteiger partial charge in [0.15, 0.2) is 6.10 Å². The first-order valence-corrected chi connectivity index (χ1v) is 20.9. The molecule has 0 fully saturated rings. The van der Waals surface area contributed by atoms with Crippen LogP contribution in [0.5, 0.6) is 0 Å². The number of unbranched alkanes of at least 4 members (excludes halogenated alkanes) is 9. The normalized spacial score (nSPS) is 14.8. The summed E-state index contributed by atoms with van der Waals surface area (Å²) in [7, 11) is -4.63. The van der Waals surface area contributed by atoms with Crippen molar-refractivity contribution in [3.63, 3.8) is 0 Å². The number of phosphoric ester groups is 1. The molecule has 10 nitrogen and oxygen atoms in total. The predicted octanol–water partition coefficient (Wildman–Crippen LogP) is 9.72. The summed E-state index contributed by atoms with van der Waals surface area (Å²) >= 11 is 0. The predicted molar refractivity (Wildman–Crippen MR) is 210 cm³/mol. The molecule has 52 heavy (non-hydrogen) atoms. The zero-order valence-electron chi connectivity index (χ0n) is 32.0. The Hall–Kier alpha value is -2.59. The number of carbonyl (C=O) groups excluding carboxylic acids is 2. The second kappa shape index (κ2) is 36.8. The Balaban J connectivity index is 4.48. The van der Waals surface area contributed by atoms with Gasteiger partial charge in [-0.2, -0.15) is 0 Å². The fourth-order valence-corrected chi connectivity index (χ4v) is 5.40. The number of aliphatic hydroxyl groups excluding tert-OH is 2. The molecular formula is C41H69O10P. The topological polar surface area (TPSA) is 149 Å². The van der Waals surface area contributed by atoms with Crippen LogP contribution in [0.3, 0.4) is 0 Å². The van der Waals surface area contributed by atoms with Gasteiger partial charge in [-0.3, -0.25) is 18.6 Å². The number of esters is 2. The van der Waals surface area contributed by atoms with Gasteiger partial charge in [0, 0.05) is 12.8 Å². The van der Waals surface area contributed by atoms with Crippen LogP contribution >= 0.6 is 7.82 Å². The molecule has 0 bridgehead atoms. The van der Waals surface area contributed by atoms with Gasteiger partial charge in [0.05, 0.1) is 19.8 Å². The van der Waals surface area contributed by atoms with E-state index in [4.69, 9.17) is 19.1 Å². The van der Waals surface area contributed by atoms with Gasteiger partial charge >= 0.3 is 19.8 Å². The number of hydrogen-bond donors (Lipinski definition) is 3. The lowest BCUT2D eigenvalue weighted by molar-refractivity contribution is -0.161. The maximum Gasteiger partial charge on any atom is 0.472 e. The first kappa shape index (κ1) is 49.4. The summed E-state index contributed by atoms with van der Waals surface area (Å²) in [5.41, 5.74) is 0. The van der Waals surface area contributed by atoms with Crippen molar-refractivity contribution in [3.8, 4) is 0 Å². The van der Waals surface area contributed by atoms with Crippen LogP contribution in [-0.4, -0.2) is 65.7 Å². The summed E-state index contributed by atoms with van der Waals surface area (Å²) in [5, 5.41) is 18.3. The molecule has 3 N–H and O–H groups in total. The van der Waals surface area contributed by atoms with E-state index in [0.29, 0.717) is 19.3 Å². The van der Waals surface area contributed by atoms with Crippen LogP contribution < -0.4 is 0 Å². The molecule has 3 atom stereocenters. The molecule has 0 aliphatic heterocycles. The molecule has 0 aromatic heterocycles. The molecule has 0 heterocycles. The lowest BCUT2D eigenvalue weighted by atomic mass is 10.1. The first-order chi connectivity index (χ1) is 25.2. The molecule has 298 valence electrons. The highest BCUT2D eigenvalue weighted by atomic mass is 31.2. The number of rotatable bonds is 35. The average molecular weight is 753 g/mol. The SMILES string of the molecule is CC/C=C\C/C=C\C/C=C\C/C=C\C/C=C\CCCC(=O)OC[C@H](COP(=O)(O)OC[C@@H](O)CO)OC(=O)CCCCCCC/C=C\CCCCC. The quantitative estimate of drug-likeness (QED) is 0.0247. The van der Waals surface area contributed by atoms with Gasteiger partial charge in [-0.15, -0.1) is 0 Å². The van der Waals surface area contributed by atoms with Gasteiger partial charge in [-0.1, -0.05) is 119 Å². The average Bonchev–Trinajstić information content (AvgIpc) is 3.13. The number of allylic oxidation sites excluding steroid dienone is 12. The fraction of sp³-hybridized carbons (Fsp3) is 0.659. The van der Waals surface area contributed by atoms with E-state index in [1.807, 2.05) is 12.2 Å². The molecule has 0 radical (unpaired) electrons. The van der Waals surface area contributed by atoms with Gasteiger partial charge in [-0.05, 0) is 77.0 Å². The highest BCUT2D eigenvalue weighted by molar-refractivity contribution is 7.47. The summed E-state index contributed by atoms with van der Waals surface area (Å²) in [6.45, 7) is 2.13. The van der Waals surface area contributed by atoms with Gasteiger partial charge in [0.1, 0.15) is 12.7 Å². The van der Waals surface area contributed by atoms with Crippen molar-refractivity contribution >= 4 is 19.8 Å². The minimum absolute atomic E-state index is 0.158. The maximum absolute atomic E-state index is 12.5. The number of phosphoric acid groups is 1. The smallest absolute Gasteiger partial charge is 0.462 e. The Labute approximate surface area is 314 Å². The summed E-state index contributed by atoms with van der Waals surface area (Å²) in [6, 6.07) is 0. The van der Waals surface area contributed by atoms with Crippen LogP contribution in [0, 0.1) is 0 Å². The van der Waals surface area contributed by atoms with Crippen molar-refractivity contribution in [1.29, 1.82) is 0 Å². The summed E-state index contributed by atoms with van der Waals surface area (Å²) in [6.07, 6.45) is 40.2. The van der Waals surface area contributed by atoms with Gasteiger partial charge < -0.3 is 24.6 Å². The second-order valence-corrected chi connectivity index (χ2v) is 14.0. The van der Waals surface area contributed by atoms with Crippen molar-refractivity contribution in [1.82, 2.24) is 0 Å². The van der Waals surface area contributed by atoms with Crippen molar-refractivity contribution in [2.24, 2.45) is 0 Å². The van der Waals surface area contributed by atoms with Gasteiger partial charge in [0.25, 0.3) is 0 Å². The van der Waals surface area contributed by atoms with Crippen molar-refractivity contribution < 1.29 is 47.8 Å². The molecule has 0 saturated heterocycles. The van der Waals surface area contributed by atoms with E-state index in [9.17, 15) is 24.2 Å². The van der Waals surface area contributed by atoms with E-state index >= 15 is 0 Å². The summed E-state index contributed by atoms with van der Waals surface area (Å²) in [5.74, 6) is -1.01. The first-order valence-electron chi connectivity index (χ1n) is 19.4. The van der Waals surface area contributed by atoms with Crippen LogP contribution in [0.2, 0.25) is 0 Å². The largest absolute Gasteiger partial charge is 0.472 e. The number of aliphatic hydroxyl groups is 2. The molecule has 11 heteroatoms. The zero-order valence-corrected chi connectivity index (χ0v) is 32.9. The second-order valence-electron chi connectivity index (χ2n) is 12.6. The molecule has 0 aromatic carbocycles. The number of hydrogen-bond acceptors (Lipinski definition) is 9. The van der Waals surface area contributed by atoms with Gasteiger partial charge in [0.2, 0.25) is 0 Å². The summed E-state index contributed by atoms with van der Waals surface area (Å²) < 4.78 is 32.5. The van der Waals surface area contributed by atoms with Crippen LogP contribution in [0.1, 0.15) is 136 Å². The minimum atomic E-state index is -4.63. The lowest BCUT2D eigenvalue weighted by Crippen LogP contribution is -2.29. The molecule has 0 saturated carbocycles. The van der Waals surface area contributed by atoms with Crippen LogP contribution in [0.4, 0.5) is 0 Å². The number of carbonyl (C=O) groups is 2. The zero-order chi connectivity index (χ0) is 38.4. The Morgan fingerprint density at radius 2 is 1.08 bits per heavy atom. The molecule has 0 aliphatic carbocycles. The molecule has 0 aliphatic rings. The molecule has 0 aromatic rings. The monoisotopic (exact) mass is 752 g/mol. The standard InChI is InChI=1S/C41H69O10P/c1-3-5-7-9-11-13-15-17-18-19-20-21-23-24-26-28-30-32-40(44)48-36-39(37-50-52(46,47)49-35-38(43)34-42)51-41(45)33-31-29-27-25-22-16-14-12-10-8-6-4-2/h5,7,11-14,17-18,20-21,24,26,38-39,42-43H,3-4,6,8-10,15-16,19,22-23,25,27-37H2,1-2H3,(H,46,47)/b7-5-,13-11-,14-12-,18-17-,21-20-,26-24-/t38-,39+/m0/s1. The minimum Gasteiger partial charge on any atom is -0.462 e. The van der Waals surface area contributed by atoms with Crippen LogP contribution in [0.25, 0.3) is 0 Å². The molecule has 0 amide bonds. The van der Waals surface area contributed by atoms with Crippen molar-refractivity contribution in [2.45, 2.75) is 148 Å². The van der Waals surface area contributed by atoms with E-state index in [-0.39, 0.29) is 19.4 Å². The number of ether oxygens (including phenoxy) is 2. The van der Waals surface area contributed by atoms with Gasteiger partial charge in [-0.25, -0.2) is 4.57 Å². The van der Waals surface area contributed by atoms with E-state index < -0.39 is 51.8 Å². The van der Waals surface area contributed by atoms with Crippen molar-refractivity contribution in [3.05, 3.63) is 72.9 Å². The van der Waals surface area contributed by atoms with Crippen LogP contribution in [-0.2, 0) is 32.7 Å². The third kappa shape index (κ3) is 35.8. The highest BCUT2D eigenvalue weighted by Gasteiger charge is 2.27.